The third-order valence-corrected chi connectivity index (χ3v) is 7.87. The Bertz CT molecular complexity index is 852. The van der Waals surface area contributed by atoms with Gasteiger partial charge < -0.3 is 15.6 Å². The van der Waals surface area contributed by atoms with Crippen LogP contribution < -0.4 is 10.6 Å². The highest BCUT2D eigenvalue weighted by Crippen LogP contribution is 2.23. The molecule has 3 unspecified atom stereocenters. The molecule has 35 heavy (non-hydrogen) atoms. The number of carbonyl (C=O) groups is 2. The fourth-order valence-corrected chi connectivity index (χ4v) is 5.21. The Labute approximate surface area is 216 Å². The molecule has 0 aliphatic rings. The summed E-state index contributed by atoms with van der Waals surface area (Å²) >= 11 is 1.51. The van der Waals surface area contributed by atoms with Crippen LogP contribution in [0.2, 0.25) is 0 Å². The Hall–Kier alpha value is -2.02. The van der Waals surface area contributed by atoms with Crippen molar-refractivity contribution in [2.75, 3.05) is 18.8 Å². The first-order chi connectivity index (χ1) is 17.0. The van der Waals surface area contributed by atoms with E-state index in [1.165, 1.54) is 37.4 Å². The molecule has 2 amide bonds. The number of nitrogens with zero attached hydrogens (tertiary/aromatic N) is 1. The summed E-state index contributed by atoms with van der Waals surface area (Å²) in [5.41, 5.74) is 1.89. The molecule has 0 bridgehead atoms. The number of para-hydroxylation sites is 2. The number of H-pyrrole nitrogens is 1. The first-order valence-electron chi connectivity index (χ1n) is 13.6. The second-order valence-electron chi connectivity index (χ2n) is 9.65. The number of aromatic nitrogens is 2. The van der Waals surface area contributed by atoms with Gasteiger partial charge in [-0.3, -0.25) is 9.59 Å². The molecule has 0 aliphatic heterocycles. The fraction of sp³-hybridized carbons (Fsp3) is 0.679. The van der Waals surface area contributed by atoms with Gasteiger partial charge in [-0.2, -0.15) is 0 Å². The fourth-order valence-electron chi connectivity index (χ4n) is 4.23. The molecular weight excluding hydrogens is 456 g/mol. The van der Waals surface area contributed by atoms with Crippen molar-refractivity contribution >= 4 is 34.6 Å². The van der Waals surface area contributed by atoms with Crippen molar-refractivity contribution in [1.82, 2.24) is 20.6 Å². The number of hydrogen-bond donors (Lipinski definition) is 3. The minimum Gasteiger partial charge on any atom is -0.356 e. The Kier molecular flexibility index (Phi) is 13.9. The minimum atomic E-state index is -0.396. The highest BCUT2D eigenvalue weighted by Gasteiger charge is 2.24. The molecule has 1 aromatic heterocycles. The smallest absolute Gasteiger partial charge is 0.224 e. The van der Waals surface area contributed by atoms with Crippen molar-refractivity contribution in [3.63, 3.8) is 0 Å². The summed E-state index contributed by atoms with van der Waals surface area (Å²) in [6.07, 6.45) is 9.27. The first-order valence-corrected chi connectivity index (χ1v) is 14.6. The van der Waals surface area contributed by atoms with Crippen LogP contribution in [0.15, 0.2) is 29.4 Å². The molecule has 3 atom stereocenters. The zero-order valence-electron chi connectivity index (χ0n) is 22.2. The van der Waals surface area contributed by atoms with E-state index in [2.05, 4.69) is 48.3 Å². The molecule has 3 N–H and O–H groups in total. The summed E-state index contributed by atoms with van der Waals surface area (Å²) in [6.45, 7) is 10.1. The molecule has 0 spiro atoms. The quantitative estimate of drug-likeness (QED) is 0.208. The normalized spacial score (nSPS) is 13.9. The van der Waals surface area contributed by atoms with Crippen molar-refractivity contribution in [2.24, 2.45) is 17.8 Å². The average molecular weight is 503 g/mol. The van der Waals surface area contributed by atoms with E-state index in [0.29, 0.717) is 30.7 Å². The van der Waals surface area contributed by atoms with Gasteiger partial charge in [0.2, 0.25) is 11.8 Å². The van der Waals surface area contributed by atoms with Crippen molar-refractivity contribution in [3.8, 4) is 0 Å². The van der Waals surface area contributed by atoms with Crippen LogP contribution in [-0.4, -0.2) is 40.6 Å². The molecule has 2 aromatic rings. The van der Waals surface area contributed by atoms with Gasteiger partial charge in [-0.1, -0.05) is 90.1 Å². The lowest BCUT2D eigenvalue weighted by atomic mass is 9.98. The Morgan fingerprint density at radius 2 is 1.57 bits per heavy atom. The second-order valence-corrected chi connectivity index (χ2v) is 10.7. The third-order valence-electron chi connectivity index (χ3n) is 6.83. The number of hydrogen-bond acceptors (Lipinski definition) is 4. The van der Waals surface area contributed by atoms with Gasteiger partial charge in [0.25, 0.3) is 0 Å². The third kappa shape index (κ3) is 10.6. The highest BCUT2D eigenvalue weighted by atomic mass is 32.2. The van der Waals surface area contributed by atoms with E-state index in [1.54, 1.807) is 0 Å². The topological polar surface area (TPSA) is 86.9 Å². The standard InChI is InChI=1S/C28H46N4O2S/c1-5-9-13-21(7-3)18-29-26(33)17-23(27(34)30-19-22(8-4)14-10-6-2)20-35-28-31-24-15-11-12-16-25(24)32-28/h11-12,15-16,21-23H,5-10,13-14,17-20H2,1-4H3,(H,29,33)(H,30,34)(H,31,32). The van der Waals surface area contributed by atoms with Gasteiger partial charge in [0.1, 0.15) is 0 Å². The van der Waals surface area contributed by atoms with E-state index in [9.17, 15) is 9.59 Å². The lowest BCUT2D eigenvalue weighted by Crippen LogP contribution is -2.39. The van der Waals surface area contributed by atoms with Gasteiger partial charge in [-0.25, -0.2) is 4.98 Å². The van der Waals surface area contributed by atoms with Crippen molar-refractivity contribution in [3.05, 3.63) is 24.3 Å². The van der Waals surface area contributed by atoms with E-state index in [0.717, 1.165) is 41.9 Å². The first kappa shape index (κ1) is 29.2. The van der Waals surface area contributed by atoms with E-state index in [-0.39, 0.29) is 18.2 Å². The lowest BCUT2D eigenvalue weighted by Gasteiger charge is -2.20. The van der Waals surface area contributed by atoms with E-state index < -0.39 is 5.92 Å². The monoisotopic (exact) mass is 502 g/mol. The van der Waals surface area contributed by atoms with Crippen LogP contribution in [0.1, 0.15) is 85.5 Å². The predicted octanol–water partition coefficient (Wildman–Crippen LogP) is 6.33. The number of fused-ring (bicyclic) bond motifs is 1. The summed E-state index contributed by atoms with van der Waals surface area (Å²) < 4.78 is 0. The van der Waals surface area contributed by atoms with Crippen LogP contribution in [0.5, 0.6) is 0 Å². The number of benzene rings is 1. The number of thioether (sulfide) groups is 1. The molecule has 2 rings (SSSR count). The molecule has 7 heteroatoms. The Balaban J connectivity index is 1.98. The number of carbonyl (C=O) groups excluding carboxylic acids is 2. The summed E-state index contributed by atoms with van der Waals surface area (Å²) in [6, 6.07) is 7.90. The van der Waals surface area contributed by atoms with Crippen LogP contribution >= 0.6 is 11.8 Å². The highest BCUT2D eigenvalue weighted by molar-refractivity contribution is 7.99. The largest absolute Gasteiger partial charge is 0.356 e. The summed E-state index contributed by atoms with van der Waals surface area (Å²) in [5.74, 6) is 1.03. The van der Waals surface area contributed by atoms with Crippen LogP contribution in [0, 0.1) is 17.8 Å². The lowest BCUT2D eigenvalue weighted by molar-refractivity contribution is -0.129. The number of nitrogens with one attached hydrogen (secondary N) is 3. The molecule has 1 aromatic carbocycles. The van der Waals surface area contributed by atoms with E-state index in [4.69, 9.17) is 0 Å². The van der Waals surface area contributed by atoms with Crippen LogP contribution in [0.25, 0.3) is 11.0 Å². The zero-order valence-corrected chi connectivity index (χ0v) is 23.0. The van der Waals surface area contributed by atoms with Gasteiger partial charge in [0.15, 0.2) is 5.16 Å². The van der Waals surface area contributed by atoms with Crippen molar-refractivity contribution in [1.29, 1.82) is 0 Å². The maximum absolute atomic E-state index is 13.2. The summed E-state index contributed by atoms with van der Waals surface area (Å²) in [5, 5.41) is 7.03. The molecular formula is C28H46N4O2S. The maximum atomic E-state index is 13.2. The summed E-state index contributed by atoms with van der Waals surface area (Å²) in [7, 11) is 0. The number of aromatic amines is 1. The van der Waals surface area contributed by atoms with Crippen molar-refractivity contribution < 1.29 is 9.59 Å². The zero-order chi connectivity index (χ0) is 25.5. The number of unbranched alkanes of at least 4 members (excludes halogenated alkanes) is 2. The van der Waals surface area contributed by atoms with Gasteiger partial charge in [0.05, 0.1) is 17.0 Å². The molecule has 1 heterocycles. The number of imidazole rings is 1. The molecule has 0 radical (unpaired) electrons. The maximum Gasteiger partial charge on any atom is 0.224 e. The van der Waals surface area contributed by atoms with E-state index in [1.807, 2.05) is 24.3 Å². The average Bonchev–Trinajstić information content (AvgIpc) is 3.29. The molecule has 6 nitrogen and oxygen atoms in total. The molecule has 0 fully saturated rings. The van der Waals surface area contributed by atoms with Crippen LogP contribution in [-0.2, 0) is 9.59 Å². The minimum absolute atomic E-state index is 0.0308. The number of amides is 2. The number of rotatable bonds is 18. The SMILES string of the molecule is CCCCC(CC)CNC(=O)CC(CSc1nc2ccccc2[nH]1)C(=O)NCC(CC)CCCC. The molecule has 196 valence electrons. The molecule has 0 aliphatic carbocycles. The summed E-state index contributed by atoms with van der Waals surface area (Å²) in [4.78, 5) is 33.9. The predicted molar refractivity (Wildman–Crippen MR) is 148 cm³/mol. The Morgan fingerprint density at radius 3 is 2.17 bits per heavy atom. The Morgan fingerprint density at radius 1 is 0.943 bits per heavy atom. The second kappa shape index (κ2) is 16.6. The molecule has 0 saturated carbocycles. The van der Waals surface area contributed by atoms with Gasteiger partial charge in [-0.05, 0) is 36.8 Å². The van der Waals surface area contributed by atoms with Gasteiger partial charge in [-0.15, -0.1) is 0 Å². The van der Waals surface area contributed by atoms with Crippen LogP contribution in [0.4, 0.5) is 0 Å². The molecule has 0 saturated heterocycles. The van der Waals surface area contributed by atoms with E-state index >= 15 is 0 Å². The van der Waals surface area contributed by atoms with Crippen LogP contribution in [0.3, 0.4) is 0 Å². The van der Waals surface area contributed by atoms with Crippen molar-refractivity contribution in [2.45, 2.75) is 90.6 Å². The van der Waals surface area contributed by atoms with Gasteiger partial charge in [0, 0.05) is 25.3 Å². The van der Waals surface area contributed by atoms with Gasteiger partial charge >= 0.3 is 0 Å².